The Morgan fingerprint density at radius 3 is 2.67 bits per heavy atom. The largest absolute Gasteiger partial charge is 0.481 e. The predicted octanol–water partition coefficient (Wildman–Crippen LogP) is 1.91. The van der Waals surface area contributed by atoms with Gasteiger partial charge in [-0.1, -0.05) is 6.07 Å². The number of pyridine rings is 1. The fourth-order valence-corrected chi connectivity index (χ4v) is 2.78. The number of likely N-dealkylation sites (tertiary alicyclic amines) is 1. The average molecular weight is 248 g/mol. The fraction of sp³-hybridized carbons (Fsp3) is 0.571. The van der Waals surface area contributed by atoms with Crippen LogP contribution in [0.5, 0.6) is 0 Å². The van der Waals surface area contributed by atoms with Crippen LogP contribution in [0.1, 0.15) is 32.4 Å². The molecule has 2 heterocycles. The molecule has 1 aromatic heterocycles. The maximum atomic E-state index is 11.8. The van der Waals surface area contributed by atoms with Crippen molar-refractivity contribution in [3.63, 3.8) is 0 Å². The first-order chi connectivity index (χ1) is 8.38. The second-order valence-corrected chi connectivity index (χ2v) is 5.76. The molecule has 1 saturated heterocycles. The van der Waals surface area contributed by atoms with Gasteiger partial charge in [0.15, 0.2) is 0 Å². The Hall–Kier alpha value is -1.42. The van der Waals surface area contributed by atoms with Crippen LogP contribution in [-0.4, -0.2) is 40.1 Å². The first kappa shape index (κ1) is 13.0. The number of carboxylic acid groups (broad SMARTS) is 1. The van der Waals surface area contributed by atoms with Crippen LogP contribution in [-0.2, 0) is 10.2 Å². The predicted molar refractivity (Wildman–Crippen MR) is 69.5 cm³/mol. The molecule has 0 aromatic carbocycles. The van der Waals surface area contributed by atoms with Gasteiger partial charge in [-0.3, -0.25) is 9.78 Å². The third-order valence-corrected chi connectivity index (χ3v) is 4.21. The minimum absolute atomic E-state index is 0.131. The van der Waals surface area contributed by atoms with E-state index in [1.807, 2.05) is 25.2 Å². The lowest BCUT2D eigenvalue weighted by Gasteiger charge is -2.47. The monoisotopic (exact) mass is 248 g/mol. The van der Waals surface area contributed by atoms with Gasteiger partial charge in [0.25, 0.3) is 0 Å². The van der Waals surface area contributed by atoms with E-state index in [1.165, 1.54) is 0 Å². The van der Waals surface area contributed by atoms with Crippen molar-refractivity contribution >= 4 is 5.97 Å². The van der Waals surface area contributed by atoms with Gasteiger partial charge in [0.1, 0.15) is 5.41 Å². The van der Waals surface area contributed by atoms with Gasteiger partial charge in [0, 0.05) is 11.7 Å². The average Bonchev–Trinajstić information content (AvgIpc) is 2.33. The standard InChI is InChI=1S/C14H20N2O2/c1-13(2)10-14(12(17)18,7-9-16(13)3)11-6-4-5-8-15-11/h4-6,8H,7,9-10H2,1-3H3,(H,17,18). The summed E-state index contributed by atoms with van der Waals surface area (Å²) in [7, 11) is 2.05. The molecular formula is C14H20N2O2. The van der Waals surface area contributed by atoms with Gasteiger partial charge < -0.3 is 10.0 Å². The summed E-state index contributed by atoms with van der Waals surface area (Å²) in [6.45, 7) is 4.95. The summed E-state index contributed by atoms with van der Waals surface area (Å²) in [5.74, 6) is -0.762. The van der Waals surface area contributed by atoms with Gasteiger partial charge in [-0.25, -0.2) is 0 Å². The van der Waals surface area contributed by atoms with E-state index in [1.54, 1.807) is 6.20 Å². The van der Waals surface area contributed by atoms with Crippen LogP contribution >= 0.6 is 0 Å². The molecule has 1 aromatic rings. The molecule has 18 heavy (non-hydrogen) atoms. The number of rotatable bonds is 2. The van der Waals surface area contributed by atoms with E-state index in [4.69, 9.17) is 0 Å². The van der Waals surface area contributed by atoms with Crippen molar-refractivity contribution in [3.8, 4) is 0 Å². The number of piperidine rings is 1. The number of carboxylic acids is 1. The molecule has 1 aliphatic heterocycles. The van der Waals surface area contributed by atoms with Crippen LogP contribution in [0.4, 0.5) is 0 Å². The molecule has 1 unspecified atom stereocenters. The molecule has 2 rings (SSSR count). The zero-order valence-electron chi connectivity index (χ0n) is 11.2. The van der Waals surface area contributed by atoms with Crippen molar-refractivity contribution in [2.45, 2.75) is 37.6 Å². The Morgan fingerprint density at radius 2 is 2.17 bits per heavy atom. The molecule has 4 heteroatoms. The summed E-state index contributed by atoms with van der Waals surface area (Å²) in [5, 5.41) is 9.70. The van der Waals surface area contributed by atoms with E-state index >= 15 is 0 Å². The third-order valence-electron chi connectivity index (χ3n) is 4.21. The highest BCUT2D eigenvalue weighted by molar-refractivity contribution is 5.81. The molecular weight excluding hydrogens is 228 g/mol. The number of nitrogens with zero attached hydrogens (tertiary/aromatic N) is 2. The zero-order chi connectivity index (χ0) is 13.4. The van der Waals surface area contributed by atoms with Gasteiger partial charge in [0.2, 0.25) is 0 Å². The Morgan fingerprint density at radius 1 is 1.44 bits per heavy atom. The van der Waals surface area contributed by atoms with E-state index in [0.717, 1.165) is 6.54 Å². The zero-order valence-corrected chi connectivity index (χ0v) is 11.2. The Balaban J connectivity index is 2.44. The highest BCUT2D eigenvalue weighted by Gasteiger charge is 2.49. The van der Waals surface area contributed by atoms with E-state index < -0.39 is 11.4 Å². The van der Waals surface area contributed by atoms with Crippen LogP contribution < -0.4 is 0 Å². The Labute approximate surface area is 108 Å². The molecule has 0 amide bonds. The van der Waals surface area contributed by atoms with Gasteiger partial charge in [0.05, 0.1) is 5.69 Å². The first-order valence-electron chi connectivity index (χ1n) is 6.25. The van der Waals surface area contributed by atoms with Gasteiger partial charge in [-0.15, -0.1) is 0 Å². The second-order valence-electron chi connectivity index (χ2n) is 5.76. The van der Waals surface area contributed by atoms with Gasteiger partial charge >= 0.3 is 5.97 Å². The molecule has 0 spiro atoms. The smallest absolute Gasteiger partial charge is 0.315 e. The van der Waals surface area contributed by atoms with Crippen LogP contribution in [0, 0.1) is 0 Å². The summed E-state index contributed by atoms with van der Waals surface area (Å²) in [6, 6.07) is 5.51. The highest BCUT2D eigenvalue weighted by Crippen LogP contribution is 2.41. The van der Waals surface area contributed by atoms with Crippen molar-refractivity contribution in [1.82, 2.24) is 9.88 Å². The number of carbonyl (C=O) groups is 1. The number of aromatic nitrogens is 1. The molecule has 0 saturated carbocycles. The molecule has 0 aliphatic carbocycles. The molecule has 1 N–H and O–H groups in total. The first-order valence-corrected chi connectivity index (χ1v) is 6.25. The van der Waals surface area contributed by atoms with E-state index in [9.17, 15) is 9.90 Å². The minimum Gasteiger partial charge on any atom is -0.481 e. The summed E-state index contributed by atoms with van der Waals surface area (Å²) >= 11 is 0. The van der Waals surface area contributed by atoms with Gasteiger partial charge in [-0.2, -0.15) is 0 Å². The van der Waals surface area contributed by atoms with Crippen LogP contribution in [0.15, 0.2) is 24.4 Å². The SMILES string of the molecule is CN1CCC(C(=O)O)(c2ccccn2)CC1(C)C. The summed E-state index contributed by atoms with van der Waals surface area (Å²) < 4.78 is 0. The van der Waals surface area contributed by atoms with Crippen molar-refractivity contribution in [1.29, 1.82) is 0 Å². The normalized spacial score (nSPS) is 27.9. The summed E-state index contributed by atoms with van der Waals surface area (Å²) in [4.78, 5) is 18.3. The quantitative estimate of drug-likeness (QED) is 0.868. The Kier molecular flexibility index (Phi) is 3.15. The lowest BCUT2D eigenvalue weighted by molar-refractivity contribution is -0.148. The number of aliphatic carboxylic acids is 1. The molecule has 0 bridgehead atoms. The highest BCUT2D eigenvalue weighted by atomic mass is 16.4. The van der Waals surface area contributed by atoms with Gasteiger partial charge in [-0.05, 0) is 52.4 Å². The number of hydrogen-bond acceptors (Lipinski definition) is 3. The van der Waals surface area contributed by atoms with Crippen LogP contribution in [0.3, 0.4) is 0 Å². The lowest BCUT2D eigenvalue weighted by Crippen LogP contribution is -2.56. The topological polar surface area (TPSA) is 53.4 Å². The van der Waals surface area contributed by atoms with Crippen molar-refractivity contribution in [3.05, 3.63) is 30.1 Å². The van der Waals surface area contributed by atoms with Crippen molar-refractivity contribution < 1.29 is 9.90 Å². The molecule has 98 valence electrons. The van der Waals surface area contributed by atoms with Crippen LogP contribution in [0.2, 0.25) is 0 Å². The van der Waals surface area contributed by atoms with Crippen LogP contribution in [0.25, 0.3) is 0 Å². The lowest BCUT2D eigenvalue weighted by atomic mass is 9.68. The number of hydrogen-bond donors (Lipinski definition) is 1. The summed E-state index contributed by atoms with van der Waals surface area (Å²) in [5.41, 5.74) is -0.301. The molecule has 1 aliphatic rings. The van der Waals surface area contributed by atoms with E-state index in [-0.39, 0.29) is 5.54 Å². The second kappa shape index (κ2) is 4.35. The van der Waals surface area contributed by atoms with E-state index in [2.05, 4.69) is 23.7 Å². The van der Waals surface area contributed by atoms with E-state index in [0.29, 0.717) is 18.5 Å². The fourth-order valence-electron chi connectivity index (χ4n) is 2.78. The maximum Gasteiger partial charge on any atom is 0.315 e. The van der Waals surface area contributed by atoms with Crippen molar-refractivity contribution in [2.75, 3.05) is 13.6 Å². The van der Waals surface area contributed by atoms with Crippen molar-refractivity contribution in [2.24, 2.45) is 0 Å². The maximum absolute atomic E-state index is 11.8. The molecule has 1 atom stereocenters. The summed E-state index contributed by atoms with van der Waals surface area (Å²) in [6.07, 6.45) is 2.87. The molecule has 0 radical (unpaired) electrons. The Bertz CT molecular complexity index is 444. The minimum atomic E-state index is -0.850. The molecule has 1 fully saturated rings. The molecule has 4 nitrogen and oxygen atoms in total. The third kappa shape index (κ3) is 2.01.